The van der Waals surface area contributed by atoms with Crippen LogP contribution in [0.3, 0.4) is 0 Å². The van der Waals surface area contributed by atoms with Gasteiger partial charge in [0.1, 0.15) is 5.70 Å². The summed E-state index contributed by atoms with van der Waals surface area (Å²) in [7, 11) is 0. The van der Waals surface area contributed by atoms with E-state index in [9.17, 15) is 9.59 Å². The first kappa shape index (κ1) is 18.3. The number of nitrogens with zero attached hydrogens (tertiary/aromatic N) is 1. The summed E-state index contributed by atoms with van der Waals surface area (Å²) in [5.74, 6) is -0.397. The van der Waals surface area contributed by atoms with Crippen molar-refractivity contribution in [3.8, 4) is 0 Å². The van der Waals surface area contributed by atoms with Gasteiger partial charge in [0, 0.05) is 18.0 Å². The number of benzene rings is 1. The standard InChI is InChI=1S/C20H22N2O3S/c1-26-16-9-7-15(8-10-16)14-17(20(24)22-11-3-2-4-12-22)21-19(23)18-6-5-13-25-18/h5-10,13-14H,2-4,11-12H2,1H3,(H,21,23)/b17-14+. The maximum atomic E-state index is 12.9. The molecule has 1 aromatic heterocycles. The van der Waals surface area contributed by atoms with Gasteiger partial charge in [0.2, 0.25) is 0 Å². The van der Waals surface area contributed by atoms with Crippen molar-refractivity contribution in [1.82, 2.24) is 10.2 Å². The number of hydrogen-bond donors (Lipinski definition) is 1. The minimum atomic E-state index is -0.424. The molecule has 1 saturated heterocycles. The Morgan fingerprint density at radius 3 is 2.46 bits per heavy atom. The predicted octanol–water partition coefficient (Wildman–Crippen LogP) is 3.78. The van der Waals surface area contributed by atoms with Crippen LogP contribution in [0.5, 0.6) is 0 Å². The third-order valence-corrected chi connectivity index (χ3v) is 5.04. The maximum absolute atomic E-state index is 12.9. The fraction of sp³-hybridized carbons (Fsp3) is 0.300. The highest BCUT2D eigenvalue weighted by atomic mass is 32.2. The quantitative estimate of drug-likeness (QED) is 0.643. The molecule has 1 fully saturated rings. The highest BCUT2D eigenvalue weighted by Gasteiger charge is 2.23. The molecule has 2 amide bonds. The number of piperidine rings is 1. The summed E-state index contributed by atoms with van der Waals surface area (Å²) in [6, 6.07) is 11.1. The molecule has 1 N–H and O–H groups in total. The van der Waals surface area contributed by atoms with E-state index in [1.165, 1.54) is 6.26 Å². The van der Waals surface area contributed by atoms with Gasteiger partial charge in [0.15, 0.2) is 5.76 Å². The number of thioether (sulfide) groups is 1. The van der Waals surface area contributed by atoms with Crippen molar-refractivity contribution in [2.24, 2.45) is 0 Å². The van der Waals surface area contributed by atoms with Crippen LogP contribution in [0.2, 0.25) is 0 Å². The summed E-state index contributed by atoms with van der Waals surface area (Å²) in [6.45, 7) is 1.44. The van der Waals surface area contributed by atoms with E-state index in [0.717, 1.165) is 42.8 Å². The molecule has 2 aromatic rings. The molecule has 0 radical (unpaired) electrons. The Bertz CT molecular complexity index is 776. The van der Waals surface area contributed by atoms with Crippen LogP contribution in [-0.4, -0.2) is 36.1 Å². The van der Waals surface area contributed by atoms with Gasteiger partial charge in [-0.1, -0.05) is 12.1 Å². The average molecular weight is 370 g/mol. The van der Waals surface area contributed by atoms with E-state index in [1.807, 2.05) is 30.5 Å². The van der Waals surface area contributed by atoms with Gasteiger partial charge in [-0.3, -0.25) is 9.59 Å². The fourth-order valence-corrected chi connectivity index (χ4v) is 3.29. The Kier molecular flexibility index (Phi) is 6.17. The first-order valence-corrected chi connectivity index (χ1v) is 9.90. The number of carbonyl (C=O) groups excluding carboxylic acids is 2. The lowest BCUT2D eigenvalue weighted by molar-refractivity contribution is -0.128. The summed E-state index contributed by atoms with van der Waals surface area (Å²) >= 11 is 1.66. The van der Waals surface area contributed by atoms with Crippen LogP contribution in [0.1, 0.15) is 35.4 Å². The van der Waals surface area contributed by atoms with Crippen molar-refractivity contribution in [3.05, 3.63) is 59.7 Å². The van der Waals surface area contributed by atoms with Crippen molar-refractivity contribution in [2.45, 2.75) is 24.2 Å². The summed E-state index contributed by atoms with van der Waals surface area (Å²) in [6.07, 6.45) is 8.30. The van der Waals surface area contributed by atoms with E-state index in [4.69, 9.17) is 4.42 Å². The summed E-state index contributed by atoms with van der Waals surface area (Å²) < 4.78 is 5.13. The summed E-state index contributed by atoms with van der Waals surface area (Å²) in [4.78, 5) is 28.3. The Labute approximate surface area is 157 Å². The zero-order valence-electron chi connectivity index (χ0n) is 14.7. The van der Waals surface area contributed by atoms with Gasteiger partial charge >= 0.3 is 0 Å². The van der Waals surface area contributed by atoms with Gasteiger partial charge in [0.25, 0.3) is 11.8 Å². The van der Waals surface area contributed by atoms with Gasteiger partial charge in [-0.05, 0) is 61.4 Å². The van der Waals surface area contributed by atoms with Gasteiger partial charge in [-0.25, -0.2) is 0 Å². The Balaban J connectivity index is 1.85. The average Bonchev–Trinajstić information content (AvgIpc) is 3.23. The van der Waals surface area contributed by atoms with Crippen LogP contribution in [0.15, 0.2) is 57.7 Å². The minimum absolute atomic E-state index is 0.154. The van der Waals surface area contributed by atoms with Crippen LogP contribution in [0, 0.1) is 0 Å². The second kappa shape index (κ2) is 8.76. The smallest absolute Gasteiger partial charge is 0.291 e. The lowest BCUT2D eigenvalue weighted by Crippen LogP contribution is -2.41. The summed E-state index contributed by atoms with van der Waals surface area (Å²) in [5, 5.41) is 2.73. The van der Waals surface area contributed by atoms with E-state index in [-0.39, 0.29) is 17.4 Å². The molecule has 26 heavy (non-hydrogen) atoms. The van der Waals surface area contributed by atoms with Crippen LogP contribution >= 0.6 is 11.8 Å². The second-order valence-corrected chi connectivity index (χ2v) is 7.00. The van der Waals surface area contributed by atoms with E-state index >= 15 is 0 Å². The molecular weight excluding hydrogens is 348 g/mol. The minimum Gasteiger partial charge on any atom is -0.459 e. The molecule has 5 nitrogen and oxygen atoms in total. The van der Waals surface area contributed by atoms with E-state index in [1.54, 1.807) is 34.9 Å². The molecule has 3 rings (SSSR count). The highest BCUT2D eigenvalue weighted by Crippen LogP contribution is 2.18. The van der Waals surface area contributed by atoms with Crippen molar-refractivity contribution in [1.29, 1.82) is 0 Å². The number of rotatable bonds is 5. The molecular formula is C20H22N2O3S. The SMILES string of the molecule is CSc1ccc(/C=C(/NC(=O)c2ccco2)C(=O)N2CCCCC2)cc1. The monoisotopic (exact) mass is 370 g/mol. The lowest BCUT2D eigenvalue weighted by atomic mass is 10.1. The van der Waals surface area contributed by atoms with Crippen LogP contribution in [0.4, 0.5) is 0 Å². The molecule has 1 aliphatic heterocycles. The molecule has 6 heteroatoms. The first-order chi connectivity index (χ1) is 12.7. The molecule has 2 heterocycles. The largest absolute Gasteiger partial charge is 0.459 e. The molecule has 0 bridgehead atoms. The van der Waals surface area contributed by atoms with Crippen LogP contribution in [-0.2, 0) is 4.79 Å². The third-order valence-electron chi connectivity index (χ3n) is 4.29. The molecule has 0 spiro atoms. The highest BCUT2D eigenvalue weighted by molar-refractivity contribution is 7.98. The van der Waals surface area contributed by atoms with Crippen molar-refractivity contribution < 1.29 is 14.0 Å². The van der Waals surface area contributed by atoms with Crippen molar-refractivity contribution in [3.63, 3.8) is 0 Å². The van der Waals surface area contributed by atoms with Crippen molar-refractivity contribution in [2.75, 3.05) is 19.3 Å². The van der Waals surface area contributed by atoms with E-state index < -0.39 is 5.91 Å². The lowest BCUT2D eigenvalue weighted by Gasteiger charge is -2.27. The molecule has 0 saturated carbocycles. The van der Waals surface area contributed by atoms with E-state index in [0.29, 0.717) is 0 Å². The predicted molar refractivity (Wildman–Crippen MR) is 103 cm³/mol. The van der Waals surface area contributed by atoms with Gasteiger partial charge < -0.3 is 14.6 Å². The molecule has 0 aliphatic carbocycles. The van der Waals surface area contributed by atoms with Gasteiger partial charge in [-0.2, -0.15) is 0 Å². The summed E-state index contributed by atoms with van der Waals surface area (Å²) in [5.41, 5.74) is 1.13. The van der Waals surface area contributed by atoms with Crippen molar-refractivity contribution >= 4 is 29.7 Å². The number of furan rings is 1. The third kappa shape index (κ3) is 4.58. The molecule has 1 aromatic carbocycles. The fourth-order valence-electron chi connectivity index (χ4n) is 2.88. The van der Waals surface area contributed by atoms with Gasteiger partial charge in [0.05, 0.1) is 6.26 Å². The number of hydrogen-bond acceptors (Lipinski definition) is 4. The van der Waals surface area contributed by atoms with Crippen LogP contribution in [0.25, 0.3) is 6.08 Å². The Morgan fingerprint density at radius 2 is 1.85 bits per heavy atom. The Morgan fingerprint density at radius 1 is 1.12 bits per heavy atom. The normalized spacial score (nSPS) is 15.0. The number of carbonyl (C=O) groups is 2. The maximum Gasteiger partial charge on any atom is 0.291 e. The topological polar surface area (TPSA) is 62.6 Å². The number of nitrogens with one attached hydrogen (secondary N) is 1. The van der Waals surface area contributed by atoms with Gasteiger partial charge in [-0.15, -0.1) is 11.8 Å². The van der Waals surface area contributed by atoms with E-state index in [2.05, 4.69) is 5.32 Å². The second-order valence-electron chi connectivity index (χ2n) is 6.12. The van der Waals surface area contributed by atoms with Crippen LogP contribution < -0.4 is 5.32 Å². The Hall–Kier alpha value is -2.47. The first-order valence-electron chi connectivity index (χ1n) is 8.67. The number of likely N-dealkylation sites (tertiary alicyclic amines) is 1. The molecule has 0 atom stereocenters. The molecule has 1 aliphatic rings. The zero-order valence-corrected chi connectivity index (χ0v) is 15.6. The molecule has 0 unspecified atom stereocenters. The zero-order chi connectivity index (χ0) is 18.4. The molecule has 136 valence electrons. The number of amides is 2.